The van der Waals surface area contributed by atoms with E-state index in [1.165, 1.54) is 167 Å². The largest absolute Gasteiger partial charge is 0.462 e. The number of allylic oxidation sites excluding steroid dienone is 18. The molecule has 0 spiro atoms. The van der Waals surface area contributed by atoms with Crippen LogP contribution in [0.3, 0.4) is 0 Å². The van der Waals surface area contributed by atoms with E-state index in [0.29, 0.717) is 25.7 Å². The number of esters is 3. The van der Waals surface area contributed by atoms with Crippen LogP contribution in [0, 0.1) is 0 Å². The molecule has 452 valence electrons. The van der Waals surface area contributed by atoms with Gasteiger partial charge in [0.25, 0.3) is 0 Å². The number of rotatable bonds is 60. The average molecular weight is 1100 g/mol. The van der Waals surface area contributed by atoms with Crippen LogP contribution < -0.4 is 0 Å². The summed E-state index contributed by atoms with van der Waals surface area (Å²) in [7, 11) is 0. The fourth-order valence-corrected chi connectivity index (χ4v) is 9.30. The summed E-state index contributed by atoms with van der Waals surface area (Å²) in [4.78, 5) is 38.3. The molecule has 1 unspecified atom stereocenters. The van der Waals surface area contributed by atoms with Crippen LogP contribution in [0.15, 0.2) is 109 Å². The van der Waals surface area contributed by atoms with Gasteiger partial charge in [0.05, 0.1) is 0 Å². The summed E-state index contributed by atoms with van der Waals surface area (Å²) >= 11 is 0. The fraction of sp³-hybridized carbons (Fsp3) is 0.712. The predicted molar refractivity (Wildman–Crippen MR) is 343 cm³/mol. The maximum Gasteiger partial charge on any atom is 0.306 e. The lowest BCUT2D eigenvalue weighted by molar-refractivity contribution is -0.167. The van der Waals surface area contributed by atoms with Crippen molar-refractivity contribution in [1.29, 1.82) is 0 Å². The quantitative estimate of drug-likeness (QED) is 0.0261. The van der Waals surface area contributed by atoms with Crippen molar-refractivity contribution in [2.24, 2.45) is 0 Å². The van der Waals surface area contributed by atoms with Gasteiger partial charge in [-0.25, -0.2) is 0 Å². The van der Waals surface area contributed by atoms with E-state index in [9.17, 15) is 14.4 Å². The second-order valence-electron chi connectivity index (χ2n) is 22.0. The number of carbonyl (C=O) groups is 3. The van der Waals surface area contributed by atoms with Gasteiger partial charge in [0, 0.05) is 19.3 Å². The Morgan fingerprint density at radius 2 is 0.494 bits per heavy atom. The first-order valence-electron chi connectivity index (χ1n) is 33.4. The molecule has 0 aliphatic carbocycles. The van der Waals surface area contributed by atoms with E-state index in [1.54, 1.807) is 0 Å². The summed E-state index contributed by atoms with van der Waals surface area (Å²) in [6.45, 7) is 6.36. The summed E-state index contributed by atoms with van der Waals surface area (Å²) in [5.41, 5.74) is 0. The van der Waals surface area contributed by atoms with Gasteiger partial charge in [-0.05, 0) is 122 Å². The van der Waals surface area contributed by atoms with Crippen molar-refractivity contribution >= 4 is 17.9 Å². The van der Waals surface area contributed by atoms with Crippen LogP contribution >= 0.6 is 0 Å². The van der Waals surface area contributed by atoms with E-state index in [0.717, 1.165) is 96.3 Å². The zero-order valence-corrected chi connectivity index (χ0v) is 51.9. The minimum atomic E-state index is -0.819. The first-order chi connectivity index (χ1) is 39.0. The highest BCUT2D eigenvalue weighted by atomic mass is 16.6. The molecule has 0 aliphatic heterocycles. The number of ether oxygens (including phenoxy) is 3. The topological polar surface area (TPSA) is 78.9 Å². The normalized spacial score (nSPS) is 12.8. The lowest BCUT2D eigenvalue weighted by atomic mass is 10.0. The van der Waals surface area contributed by atoms with Crippen LogP contribution in [0.4, 0.5) is 0 Å². The van der Waals surface area contributed by atoms with Crippen molar-refractivity contribution in [3.63, 3.8) is 0 Å². The number of unbranched alkanes of at least 4 members (excludes halogenated alkanes) is 31. The van der Waals surface area contributed by atoms with Gasteiger partial charge < -0.3 is 14.2 Å². The Kier molecular flexibility index (Phi) is 63.3. The molecule has 79 heavy (non-hydrogen) atoms. The standard InChI is InChI=1S/C73H124O6/c1-4-7-10-13-16-19-22-25-28-29-30-31-32-33-34-35-36-37-38-39-40-41-42-43-46-48-51-54-57-60-63-66-72(75)78-69-70(79-73(76)67-64-61-58-55-52-49-45-27-24-21-18-15-12-9-6-3)68-77-71(74)65-62-59-56-53-50-47-44-26-23-20-17-14-11-8-5-2/h8-9,11-12,17-18,20-21,26-27,29-30,44-45,50,52-53,55,70H,4-7,10,13-16,19,22-25,28,31-43,46-49,51,54,56-69H2,1-3H3/b11-8-,12-9-,20-17-,21-18-,30-29-,44-26-,45-27-,53-50-,55-52-. The summed E-state index contributed by atoms with van der Waals surface area (Å²) in [5.74, 6) is -0.986. The molecule has 0 N–H and O–H groups in total. The van der Waals surface area contributed by atoms with Crippen molar-refractivity contribution in [3.8, 4) is 0 Å². The fourth-order valence-electron chi connectivity index (χ4n) is 9.30. The van der Waals surface area contributed by atoms with E-state index >= 15 is 0 Å². The van der Waals surface area contributed by atoms with Gasteiger partial charge in [0.2, 0.25) is 0 Å². The van der Waals surface area contributed by atoms with Gasteiger partial charge in [-0.3, -0.25) is 14.4 Å². The van der Waals surface area contributed by atoms with Crippen LogP contribution in [0.5, 0.6) is 0 Å². The molecule has 0 aromatic heterocycles. The maximum absolute atomic E-state index is 12.9. The van der Waals surface area contributed by atoms with Crippen LogP contribution in [0.2, 0.25) is 0 Å². The molecule has 0 aromatic carbocycles. The van der Waals surface area contributed by atoms with Gasteiger partial charge in [-0.1, -0.05) is 284 Å². The van der Waals surface area contributed by atoms with E-state index in [-0.39, 0.29) is 37.5 Å². The van der Waals surface area contributed by atoms with Gasteiger partial charge in [-0.15, -0.1) is 0 Å². The number of hydrogen-bond donors (Lipinski definition) is 0. The molecule has 0 rings (SSSR count). The predicted octanol–water partition coefficient (Wildman–Crippen LogP) is 23.0. The molecular formula is C73H124O6. The van der Waals surface area contributed by atoms with E-state index < -0.39 is 6.10 Å². The zero-order chi connectivity index (χ0) is 57.1. The summed E-state index contributed by atoms with van der Waals surface area (Å²) < 4.78 is 16.8. The molecule has 0 saturated carbocycles. The number of hydrogen-bond acceptors (Lipinski definition) is 6. The van der Waals surface area contributed by atoms with Crippen molar-refractivity contribution in [3.05, 3.63) is 109 Å². The highest BCUT2D eigenvalue weighted by Crippen LogP contribution is 2.17. The molecule has 0 aliphatic rings. The maximum atomic E-state index is 12.9. The first kappa shape index (κ1) is 75.1. The lowest BCUT2D eigenvalue weighted by Gasteiger charge is -2.18. The lowest BCUT2D eigenvalue weighted by Crippen LogP contribution is -2.30. The summed E-state index contributed by atoms with van der Waals surface area (Å²) in [5, 5.41) is 0. The third kappa shape index (κ3) is 64.8. The van der Waals surface area contributed by atoms with Crippen molar-refractivity contribution in [2.75, 3.05) is 13.2 Å². The van der Waals surface area contributed by atoms with Gasteiger partial charge in [0.15, 0.2) is 6.10 Å². The van der Waals surface area contributed by atoms with Crippen molar-refractivity contribution in [2.45, 2.75) is 322 Å². The Labute approximate surface area is 489 Å². The van der Waals surface area contributed by atoms with Gasteiger partial charge in [0.1, 0.15) is 13.2 Å². The molecule has 0 aromatic rings. The van der Waals surface area contributed by atoms with Gasteiger partial charge >= 0.3 is 17.9 Å². The third-order valence-corrected chi connectivity index (χ3v) is 14.2. The molecule has 0 amide bonds. The third-order valence-electron chi connectivity index (χ3n) is 14.2. The molecule has 0 saturated heterocycles. The van der Waals surface area contributed by atoms with E-state index in [4.69, 9.17) is 14.2 Å². The van der Waals surface area contributed by atoms with Crippen LogP contribution in [-0.4, -0.2) is 37.2 Å². The minimum Gasteiger partial charge on any atom is -0.462 e. The molecule has 0 heterocycles. The Bertz CT molecular complexity index is 1590. The van der Waals surface area contributed by atoms with Crippen molar-refractivity contribution in [1.82, 2.24) is 0 Å². The molecule has 0 radical (unpaired) electrons. The molecular weight excluding hydrogens is 973 g/mol. The van der Waals surface area contributed by atoms with Gasteiger partial charge in [-0.2, -0.15) is 0 Å². The molecule has 0 bridgehead atoms. The average Bonchev–Trinajstić information content (AvgIpc) is 3.45. The van der Waals surface area contributed by atoms with E-state index in [2.05, 4.69) is 130 Å². The molecule has 6 nitrogen and oxygen atoms in total. The molecule has 6 heteroatoms. The Balaban J connectivity index is 4.24. The summed E-state index contributed by atoms with van der Waals surface area (Å²) in [6, 6.07) is 0. The Morgan fingerprint density at radius 1 is 0.266 bits per heavy atom. The first-order valence-corrected chi connectivity index (χ1v) is 33.4. The van der Waals surface area contributed by atoms with Crippen molar-refractivity contribution < 1.29 is 28.6 Å². The second-order valence-corrected chi connectivity index (χ2v) is 22.0. The minimum absolute atomic E-state index is 0.107. The van der Waals surface area contributed by atoms with E-state index in [1.807, 2.05) is 0 Å². The second kappa shape index (κ2) is 66.6. The van der Waals surface area contributed by atoms with Crippen LogP contribution in [0.25, 0.3) is 0 Å². The Hall–Kier alpha value is -3.93. The smallest absolute Gasteiger partial charge is 0.306 e. The summed E-state index contributed by atoms with van der Waals surface area (Å²) in [6.07, 6.45) is 91.4. The number of carbonyl (C=O) groups excluding carboxylic acids is 3. The van der Waals surface area contributed by atoms with Crippen LogP contribution in [-0.2, 0) is 28.6 Å². The molecule has 0 fully saturated rings. The SMILES string of the molecule is CC/C=C\C/C=C\C/C=C\C/C=C\CCCCC(=O)OCC(COC(=O)CCCCCCCCCCCCCCCCCCCCC/C=C\CCCCCCCCCC)OC(=O)CCCC/C=C\C/C=C\C/C=C\C/C=C\CC. The Morgan fingerprint density at radius 3 is 0.810 bits per heavy atom. The monoisotopic (exact) mass is 1100 g/mol. The zero-order valence-electron chi connectivity index (χ0n) is 51.9. The van der Waals surface area contributed by atoms with Crippen LogP contribution in [0.1, 0.15) is 316 Å². The highest BCUT2D eigenvalue weighted by molar-refractivity contribution is 5.71. The highest BCUT2D eigenvalue weighted by Gasteiger charge is 2.19. The molecule has 1 atom stereocenters.